The van der Waals surface area contributed by atoms with Crippen molar-refractivity contribution in [3.05, 3.63) is 59.4 Å². The van der Waals surface area contributed by atoms with Gasteiger partial charge in [0.2, 0.25) is 0 Å². The molecule has 0 radical (unpaired) electrons. The number of aromatic nitrogens is 1. The molecule has 3 rings (SSSR count). The number of rotatable bonds is 3. The fourth-order valence-corrected chi connectivity index (χ4v) is 2.52. The van der Waals surface area contributed by atoms with Gasteiger partial charge in [-0.05, 0) is 36.2 Å². The molecule has 2 heterocycles. The van der Waals surface area contributed by atoms with Gasteiger partial charge in [0.1, 0.15) is 0 Å². The van der Waals surface area contributed by atoms with E-state index in [0.717, 1.165) is 16.8 Å². The zero-order chi connectivity index (χ0) is 14.7. The molecule has 1 aromatic heterocycles. The van der Waals surface area contributed by atoms with Crippen molar-refractivity contribution in [2.45, 2.75) is 13.0 Å². The summed E-state index contributed by atoms with van der Waals surface area (Å²) in [6.45, 7) is 2.84. The first-order chi connectivity index (χ1) is 10.3. The Hall–Kier alpha value is -2.40. The molecule has 0 spiro atoms. The van der Waals surface area contributed by atoms with E-state index in [1.807, 2.05) is 30.5 Å². The van der Waals surface area contributed by atoms with Gasteiger partial charge in [0.25, 0.3) is 0 Å². The normalized spacial score (nSPS) is 16.7. The third-order valence-electron chi connectivity index (χ3n) is 3.48. The van der Waals surface area contributed by atoms with Crippen LogP contribution < -0.4 is 10.6 Å². The van der Waals surface area contributed by atoms with Crippen molar-refractivity contribution in [2.75, 3.05) is 18.6 Å². The Morgan fingerprint density at radius 3 is 3.19 bits per heavy atom. The number of anilines is 1. The molecule has 0 saturated carbocycles. The second-order valence-corrected chi connectivity index (χ2v) is 4.80. The van der Waals surface area contributed by atoms with E-state index in [1.54, 1.807) is 19.2 Å². The summed E-state index contributed by atoms with van der Waals surface area (Å²) in [5, 5.41) is 6.65. The van der Waals surface area contributed by atoms with Crippen molar-refractivity contribution in [2.24, 2.45) is 0 Å². The fourth-order valence-electron chi connectivity index (χ4n) is 2.52. The third-order valence-corrected chi connectivity index (χ3v) is 3.48. The number of carbonyl (C=O) groups is 1. The second kappa shape index (κ2) is 5.93. The van der Waals surface area contributed by atoms with Gasteiger partial charge in [-0.2, -0.15) is 0 Å². The van der Waals surface area contributed by atoms with Crippen LogP contribution in [0.5, 0.6) is 0 Å². The summed E-state index contributed by atoms with van der Waals surface area (Å²) in [6.07, 6.45) is 3.59. The van der Waals surface area contributed by atoms with E-state index in [9.17, 15) is 4.79 Å². The van der Waals surface area contributed by atoms with Crippen LogP contribution in [0.2, 0.25) is 0 Å². The highest BCUT2D eigenvalue weighted by atomic mass is 16.5. The van der Waals surface area contributed by atoms with Gasteiger partial charge in [-0.1, -0.05) is 12.1 Å². The number of esters is 1. The van der Waals surface area contributed by atoms with Crippen LogP contribution in [0.4, 0.5) is 5.69 Å². The van der Waals surface area contributed by atoms with Gasteiger partial charge in [0.15, 0.2) is 0 Å². The summed E-state index contributed by atoms with van der Waals surface area (Å²) < 4.78 is 5.06. The predicted molar refractivity (Wildman–Crippen MR) is 80.1 cm³/mol. The molecule has 2 N–H and O–H groups in total. The standard InChI is InChI=1S/C16H17N3O2/c1-2-21-16(20)12-5-3-4-11(8-12)15-13-6-7-17-9-14(13)18-10-19-15/h3-9,15,18-19H,2,10H2,1H3. The fraction of sp³-hybridized carbons (Fsp3) is 0.250. The summed E-state index contributed by atoms with van der Waals surface area (Å²) in [6, 6.07) is 9.57. The van der Waals surface area contributed by atoms with E-state index in [1.165, 1.54) is 0 Å². The quantitative estimate of drug-likeness (QED) is 0.846. The lowest BCUT2D eigenvalue weighted by Gasteiger charge is -2.28. The van der Waals surface area contributed by atoms with Crippen molar-refractivity contribution in [3.8, 4) is 0 Å². The van der Waals surface area contributed by atoms with Gasteiger partial charge in [-0.3, -0.25) is 10.3 Å². The van der Waals surface area contributed by atoms with E-state index < -0.39 is 0 Å². The van der Waals surface area contributed by atoms with E-state index >= 15 is 0 Å². The minimum atomic E-state index is -0.289. The second-order valence-electron chi connectivity index (χ2n) is 4.80. The zero-order valence-corrected chi connectivity index (χ0v) is 11.8. The van der Waals surface area contributed by atoms with E-state index in [2.05, 4.69) is 15.6 Å². The Morgan fingerprint density at radius 1 is 1.43 bits per heavy atom. The number of ether oxygens (including phenoxy) is 1. The van der Waals surface area contributed by atoms with Crippen LogP contribution in [0, 0.1) is 0 Å². The van der Waals surface area contributed by atoms with Crippen LogP contribution in [0.3, 0.4) is 0 Å². The molecule has 2 aromatic rings. The lowest BCUT2D eigenvalue weighted by Crippen LogP contribution is -2.33. The number of benzene rings is 1. The highest BCUT2D eigenvalue weighted by Gasteiger charge is 2.21. The van der Waals surface area contributed by atoms with Crippen LogP contribution in [0.1, 0.15) is 34.5 Å². The number of nitrogens with one attached hydrogen (secondary N) is 2. The van der Waals surface area contributed by atoms with Gasteiger partial charge in [0.05, 0.1) is 36.8 Å². The molecule has 1 atom stereocenters. The first-order valence-corrected chi connectivity index (χ1v) is 6.98. The Balaban J connectivity index is 1.95. The summed E-state index contributed by atoms with van der Waals surface area (Å²) in [5.41, 5.74) is 3.75. The smallest absolute Gasteiger partial charge is 0.338 e. The van der Waals surface area contributed by atoms with Crippen molar-refractivity contribution in [3.63, 3.8) is 0 Å². The average Bonchev–Trinajstić information content (AvgIpc) is 2.55. The molecule has 0 saturated heterocycles. The maximum atomic E-state index is 11.9. The molecule has 0 aliphatic carbocycles. The first kappa shape index (κ1) is 13.6. The van der Waals surface area contributed by atoms with E-state index in [0.29, 0.717) is 18.8 Å². The molecule has 5 nitrogen and oxygen atoms in total. The topological polar surface area (TPSA) is 63.2 Å². The van der Waals surface area contributed by atoms with E-state index in [4.69, 9.17) is 4.74 Å². The summed E-state index contributed by atoms with van der Waals surface area (Å²) >= 11 is 0. The molecule has 1 unspecified atom stereocenters. The molecule has 0 bridgehead atoms. The number of hydrogen-bond acceptors (Lipinski definition) is 5. The van der Waals surface area contributed by atoms with Crippen LogP contribution in [-0.4, -0.2) is 24.2 Å². The summed E-state index contributed by atoms with van der Waals surface area (Å²) in [4.78, 5) is 16.0. The molecular formula is C16H17N3O2. The molecule has 21 heavy (non-hydrogen) atoms. The van der Waals surface area contributed by atoms with Gasteiger partial charge in [0, 0.05) is 6.20 Å². The molecule has 5 heteroatoms. The number of carbonyl (C=O) groups excluding carboxylic acids is 1. The Morgan fingerprint density at radius 2 is 2.33 bits per heavy atom. The van der Waals surface area contributed by atoms with E-state index in [-0.39, 0.29) is 12.0 Å². The number of fused-ring (bicyclic) bond motifs is 1. The van der Waals surface area contributed by atoms with Gasteiger partial charge < -0.3 is 10.1 Å². The SMILES string of the molecule is CCOC(=O)c1cccc(C2NCNc3cnccc32)c1. The largest absolute Gasteiger partial charge is 0.462 e. The van der Waals surface area contributed by atoms with Gasteiger partial charge in [-0.25, -0.2) is 4.79 Å². The van der Waals surface area contributed by atoms with Crippen LogP contribution in [0.25, 0.3) is 0 Å². The van der Waals surface area contributed by atoms with Crippen molar-refractivity contribution in [1.29, 1.82) is 0 Å². The van der Waals surface area contributed by atoms with Crippen molar-refractivity contribution in [1.82, 2.24) is 10.3 Å². The monoisotopic (exact) mass is 283 g/mol. The van der Waals surface area contributed by atoms with Crippen LogP contribution >= 0.6 is 0 Å². The molecule has 1 aliphatic rings. The third kappa shape index (κ3) is 2.73. The van der Waals surface area contributed by atoms with Crippen LogP contribution in [-0.2, 0) is 4.74 Å². The first-order valence-electron chi connectivity index (χ1n) is 6.98. The van der Waals surface area contributed by atoms with Crippen molar-refractivity contribution >= 4 is 11.7 Å². The Bertz CT molecular complexity index is 657. The Kier molecular flexibility index (Phi) is 3.83. The summed E-state index contributed by atoms with van der Waals surface area (Å²) in [7, 11) is 0. The molecule has 1 aromatic carbocycles. The average molecular weight is 283 g/mol. The number of nitrogens with zero attached hydrogens (tertiary/aromatic N) is 1. The maximum Gasteiger partial charge on any atom is 0.338 e. The van der Waals surface area contributed by atoms with Gasteiger partial charge >= 0.3 is 5.97 Å². The highest BCUT2D eigenvalue weighted by molar-refractivity contribution is 5.89. The molecular weight excluding hydrogens is 266 g/mol. The highest BCUT2D eigenvalue weighted by Crippen LogP contribution is 2.30. The lowest BCUT2D eigenvalue weighted by molar-refractivity contribution is 0.0526. The summed E-state index contributed by atoms with van der Waals surface area (Å²) in [5.74, 6) is -0.289. The zero-order valence-electron chi connectivity index (χ0n) is 11.8. The lowest BCUT2D eigenvalue weighted by atomic mass is 9.95. The number of hydrogen-bond donors (Lipinski definition) is 2. The molecule has 108 valence electrons. The minimum Gasteiger partial charge on any atom is -0.462 e. The molecule has 0 amide bonds. The maximum absolute atomic E-state index is 11.9. The van der Waals surface area contributed by atoms with Crippen LogP contribution in [0.15, 0.2) is 42.7 Å². The molecule has 1 aliphatic heterocycles. The Labute approximate surface area is 123 Å². The minimum absolute atomic E-state index is 0.0404. The predicted octanol–water partition coefficient (Wildman–Crippen LogP) is 2.32. The molecule has 0 fully saturated rings. The van der Waals surface area contributed by atoms with Gasteiger partial charge in [-0.15, -0.1) is 0 Å². The van der Waals surface area contributed by atoms with Crippen molar-refractivity contribution < 1.29 is 9.53 Å². The number of pyridine rings is 1.